The van der Waals surface area contributed by atoms with Crippen molar-refractivity contribution in [2.75, 3.05) is 0 Å². The van der Waals surface area contributed by atoms with Crippen LogP contribution in [0.25, 0.3) is 95.0 Å². The number of nitrogens with zero attached hydrogens (tertiary/aromatic N) is 5. The highest BCUT2D eigenvalue weighted by Gasteiger charge is 2.22. The van der Waals surface area contributed by atoms with Gasteiger partial charge in [-0.25, -0.2) is 19.9 Å². The lowest BCUT2D eigenvalue weighted by molar-refractivity contribution is 1.18. The Hall–Kier alpha value is -7.24. The second-order valence-electron chi connectivity index (χ2n) is 13.1. The maximum Gasteiger partial charge on any atom is 0.165 e. The van der Waals surface area contributed by atoms with Crippen LogP contribution in [0.4, 0.5) is 0 Å². The van der Waals surface area contributed by atoms with Gasteiger partial charge < -0.3 is 0 Å². The van der Waals surface area contributed by atoms with Gasteiger partial charge >= 0.3 is 0 Å². The first kappa shape index (κ1) is 30.6. The third-order valence-electron chi connectivity index (χ3n) is 9.82. The van der Waals surface area contributed by atoms with Crippen molar-refractivity contribution in [1.82, 2.24) is 24.3 Å². The summed E-state index contributed by atoms with van der Waals surface area (Å²) in [6.07, 6.45) is 2.03. The average molecular weight is 678 g/mol. The van der Waals surface area contributed by atoms with E-state index in [1.807, 2.05) is 42.6 Å². The van der Waals surface area contributed by atoms with Gasteiger partial charge in [0.2, 0.25) is 0 Å². The molecule has 10 rings (SSSR count). The lowest BCUT2D eigenvalue weighted by atomic mass is 9.92. The quantitative estimate of drug-likeness (QED) is 0.176. The molecule has 5 heteroatoms. The summed E-state index contributed by atoms with van der Waals surface area (Å²) >= 11 is 0. The number of hydrogen-bond acceptors (Lipinski definition) is 4. The minimum Gasteiger partial charge on any atom is -0.284 e. The minimum atomic E-state index is 0.672. The number of rotatable bonds is 6. The van der Waals surface area contributed by atoms with E-state index in [-0.39, 0.29) is 0 Å². The van der Waals surface area contributed by atoms with Crippen molar-refractivity contribution in [3.05, 3.63) is 188 Å². The molecule has 53 heavy (non-hydrogen) atoms. The topological polar surface area (TPSA) is 56.0 Å². The Kier molecular flexibility index (Phi) is 7.40. The number of benzene rings is 6. The Morgan fingerprint density at radius 1 is 0.340 bits per heavy atom. The zero-order valence-electron chi connectivity index (χ0n) is 28.6. The van der Waals surface area contributed by atoms with Crippen LogP contribution in [-0.4, -0.2) is 24.3 Å². The Morgan fingerprint density at radius 2 is 0.868 bits per heavy atom. The monoisotopic (exact) mass is 677 g/mol. The van der Waals surface area contributed by atoms with Crippen LogP contribution in [0.2, 0.25) is 0 Å². The zero-order valence-corrected chi connectivity index (χ0v) is 28.6. The van der Waals surface area contributed by atoms with Gasteiger partial charge in [0, 0.05) is 44.8 Å². The third-order valence-corrected chi connectivity index (χ3v) is 9.82. The van der Waals surface area contributed by atoms with E-state index in [0.29, 0.717) is 5.82 Å². The van der Waals surface area contributed by atoms with Crippen molar-refractivity contribution >= 4 is 27.6 Å². The van der Waals surface area contributed by atoms with E-state index >= 15 is 0 Å². The van der Waals surface area contributed by atoms with Crippen LogP contribution in [0.5, 0.6) is 0 Å². The lowest BCUT2D eigenvalue weighted by Crippen LogP contribution is -2.01. The minimum absolute atomic E-state index is 0.672. The summed E-state index contributed by atoms with van der Waals surface area (Å²) in [6, 6.07) is 62.9. The molecule has 0 bridgehead atoms. The summed E-state index contributed by atoms with van der Waals surface area (Å²) in [5, 5.41) is 2.12. The van der Waals surface area contributed by atoms with Crippen molar-refractivity contribution < 1.29 is 0 Å². The summed E-state index contributed by atoms with van der Waals surface area (Å²) < 4.78 is 2.06. The van der Waals surface area contributed by atoms with E-state index in [1.165, 1.54) is 0 Å². The maximum atomic E-state index is 5.39. The average Bonchev–Trinajstić information content (AvgIpc) is 3.63. The van der Waals surface area contributed by atoms with Crippen LogP contribution < -0.4 is 0 Å². The molecule has 0 atom stereocenters. The van der Waals surface area contributed by atoms with Gasteiger partial charge in [0.15, 0.2) is 11.5 Å². The fourth-order valence-corrected chi connectivity index (χ4v) is 7.32. The molecule has 0 saturated heterocycles. The molecule has 10 aromatic rings. The molecule has 0 spiro atoms. The zero-order chi connectivity index (χ0) is 35.1. The van der Waals surface area contributed by atoms with Crippen molar-refractivity contribution in [1.29, 1.82) is 0 Å². The van der Waals surface area contributed by atoms with Crippen molar-refractivity contribution in [3.8, 4) is 67.4 Å². The van der Waals surface area contributed by atoms with Crippen LogP contribution in [-0.2, 0) is 0 Å². The van der Waals surface area contributed by atoms with E-state index in [0.717, 1.165) is 89.2 Å². The molecular weight excluding hydrogens is 647 g/mol. The highest BCUT2D eigenvalue weighted by atomic mass is 15.1. The number of pyridine rings is 2. The van der Waals surface area contributed by atoms with Gasteiger partial charge in [0.1, 0.15) is 11.2 Å². The first-order chi connectivity index (χ1) is 26.3. The Labute approximate surface area is 306 Å². The highest BCUT2D eigenvalue weighted by Crippen LogP contribution is 2.42. The van der Waals surface area contributed by atoms with Gasteiger partial charge in [-0.1, -0.05) is 158 Å². The molecule has 248 valence electrons. The van der Waals surface area contributed by atoms with E-state index in [9.17, 15) is 0 Å². The fraction of sp³-hybridized carbons (Fsp3) is 0. The normalized spacial score (nSPS) is 11.4. The Morgan fingerprint density at radius 3 is 1.57 bits per heavy atom. The van der Waals surface area contributed by atoms with Crippen molar-refractivity contribution in [2.45, 2.75) is 0 Å². The van der Waals surface area contributed by atoms with Crippen molar-refractivity contribution in [2.24, 2.45) is 0 Å². The molecular formula is C48H31N5. The van der Waals surface area contributed by atoms with Gasteiger partial charge in [0.05, 0.1) is 17.1 Å². The first-order valence-electron chi connectivity index (χ1n) is 17.7. The summed E-state index contributed by atoms with van der Waals surface area (Å²) in [5.74, 6) is 0.672. The first-order valence-corrected chi connectivity index (χ1v) is 17.7. The molecule has 5 nitrogen and oxygen atoms in total. The van der Waals surface area contributed by atoms with Gasteiger partial charge in [-0.2, -0.15) is 0 Å². The number of aromatic nitrogens is 5. The second kappa shape index (κ2) is 12.8. The third kappa shape index (κ3) is 5.43. The SMILES string of the molecule is c1ccc(-c2cccc(-c3nc(-c4ccccc4)c(-c4cccc(-c5nc6c(nc7ccccn76)c6ccccc56)c4)c(-c4ccccc4)n3)c2)cc1. The number of hydrogen-bond donors (Lipinski definition) is 0. The van der Waals surface area contributed by atoms with Gasteiger partial charge in [-0.15, -0.1) is 0 Å². The van der Waals surface area contributed by atoms with Crippen LogP contribution in [0.3, 0.4) is 0 Å². The molecule has 0 aliphatic heterocycles. The van der Waals surface area contributed by atoms with Crippen LogP contribution in [0.1, 0.15) is 0 Å². The summed E-state index contributed by atoms with van der Waals surface area (Å²) in [4.78, 5) is 21.1. The standard InChI is InChI=1S/C48H31N5/c1-4-16-32(17-5-1)35-22-14-25-38(30-35)47-50-44(33-18-6-2-7-19-33)42(45(51-47)34-20-8-3-9-21-34)36-23-15-24-37(31-36)43-39-26-10-11-27-40(39)46-48(52-43)53-29-13-12-28-41(53)49-46/h1-31H. The van der Waals surface area contributed by atoms with Gasteiger partial charge in [-0.05, 0) is 41.0 Å². The highest BCUT2D eigenvalue weighted by molar-refractivity contribution is 6.09. The second-order valence-corrected chi connectivity index (χ2v) is 13.1. The molecule has 0 aliphatic rings. The lowest BCUT2D eigenvalue weighted by Gasteiger charge is -2.18. The summed E-state index contributed by atoms with van der Waals surface area (Å²) in [6.45, 7) is 0. The van der Waals surface area contributed by atoms with Gasteiger partial charge in [0.25, 0.3) is 0 Å². The molecule has 4 aromatic heterocycles. The Balaban J connectivity index is 1.23. The van der Waals surface area contributed by atoms with E-state index < -0.39 is 0 Å². The van der Waals surface area contributed by atoms with E-state index in [1.54, 1.807) is 0 Å². The fourth-order valence-electron chi connectivity index (χ4n) is 7.32. The van der Waals surface area contributed by atoms with E-state index in [4.69, 9.17) is 19.9 Å². The van der Waals surface area contributed by atoms with Crippen LogP contribution >= 0.6 is 0 Å². The van der Waals surface area contributed by atoms with E-state index in [2.05, 4.69) is 150 Å². The molecule has 0 aliphatic carbocycles. The molecule has 0 fully saturated rings. The number of imidazole rings is 1. The smallest absolute Gasteiger partial charge is 0.165 e. The molecule has 4 heterocycles. The predicted molar refractivity (Wildman–Crippen MR) is 216 cm³/mol. The molecule has 0 N–H and O–H groups in total. The summed E-state index contributed by atoms with van der Waals surface area (Å²) in [7, 11) is 0. The van der Waals surface area contributed by atoms with Crippen molar-refractivity contribution in [3.63, 3.8) is 0 Å². The molecule has 0 saturated carbocycles. The van der Waals surface area contributed by atoms with Crippen LogP contribution in [0, 0.1) is 0 Å². The largest absolute Gasteiger partial charge is 0.284 e. The maximum absolute atomic E-state index is 5.39. The molecule has 6 aromatic carbocycles. The molecule has 0 radical (unpaired) electrons. The van der Waals surface area contributed by atoms with Gasteiger partial charge in [-0.3, -0.25) is 4.40 Å². The molecule has 0 unspecified atom stereocenters. The molecule has 0 amide bonds. The van der Waals surface area contributed by atoms with Crippen LogP contribution in [0.15, 0.2) is 188 Å². The summed E-state index contributed by atoms with van der Waals surface area (Å²) in [5.41, 5.74) is 13.5. The predicted octanol–water partition coefficient (Wildman–Crippen LogP) is 11.8. The Bertz CT molecular complexity index is 2870. The number of fused-ring (bicyclic) bond motifs is 5.